The summed E-state index contributed by atoms with van der Waals surface area (Å²) in [6.07, 6.45) is -5.12. The van der Waals surface area contributed by atoms with Gasteiger partial charge in [0.1, 0.15) is 5.75 Å². The molecule has 0 aliphatic carbocycles. The van der Waals surface area contributed by atoms with E-state index in [0.717, 1.165) is 0 Å². The highest BCUT2D eigenvalue weighted by atomic mass is 19.4. The number of nitrogens with two attached hydrogens (primary N) is 1. The standard InChI is InChI=1S/C12H13F3N2O4/c13-12(14,15)6-21-9-4-2-1-3-8(9)17-11(20)7(16)5-10(18)19/h1-4,7H,5-6,16H2,(H,17,20)(H,18,19). The average molecular weight is 306 g/mol. The van der Waals surface area contributed by atoms with E-state index in [0.29, 0.717) is 0 Å². The molecule has 21 heavy (non-hydrogen) atoms. The van der Waals surface area contributed by atoms with Gasteiger partial charge in [-0.25, -0.2) is 0 Å². The number of ether oxygens (including phenoxy) is 1. The number of benzene rings is 1. The number of halogens is 3. The Morgan fingerprint density at radius 3 is 2.52 bits per heavy atom. The molecule has 0 aromatic heterocycles. The highest BCUT2D eigenvalue weighted by molar-refractivity contribution is 5.97. The Bertz CT molecular complexity index is 519. The van der Waals surface area contributed by atoms with E-state index in [1.54, 1.807) is 0 Å². The number of anilines is 1. The minimum absolute atomic E-state index is 0.0208. The largest absolute Gasteiger partial charge is 0.482 e. The maximum absolute atomic E-state index is 12.1. The smallest absolute Gasteiger partial charge is 0.422 e. The Hall–Kier alpha value is -2.29. The van der Waals surface area contributed by atoms with Crippen molar-refractivity contribution in [3.8, 4) is 5.75 Å². The van der Waals surface area contributed by atoms with Gasteiger partial charge in [0.25, 0.3) is 0 Å². The lowest BCUT2D eigenvalue weighted by Gasteiger charge is -2.15. The van der Waals surface area contributed by atoms with Crippen LogP contribution < -0.4 is 15.8 Å². The van der Waals surface area contributed by atoms with Gasteiger partial charge in [0, 0.05) is 0 Å². The normalized spacial score (nSPS) is 12.6. The molecule has 0 saturated heterocycles. The summed E-state index contributed by atoms with van der Waals surface area (Å²) in [5, 5.41) is 10.7. The molecule has 9 heteroatoms. The van der Waals surface area contributed by atoms with Crippen LogP contribution in [0, 0.1) is 0 Å². The van der Waals surface area contributed by atoms with Gasteiger partial charge < -0.3 is 20.9 Å². The molecule has 1 aromatic carbocycles. The van der Waals surface area contributed by atoms with Gasteiger partial charge in [-0.15, -0.1) is 0 Å². The number of para-hydroxylation sites is 2. The molecule has 0 saturated carbocycles. The van der Waals surface area contributed by atoms with Crippen LogP contribution >= 0.6 is 0 Å². The number of hydrogen-bond acceptors (Lipinski definition) is 4. The zero-order valence-corrected chi connectivity index (χ0v) is 10.7. The van der Waals surface area contributed by atoms with E-state index in [9.17, 15) is 22.8 Å². The molecular weight excluding hydrogens is 293 g/mol. The first-order valence-corrected chi connectivity index (χ1v) is 5.76. The fourth-order valence-corrected chi connectivity index (χ4v) is 1.36. The zero-order chi connectivity index (χ0) is 16.0. The summed E-state index contributed by atoms with van der Waals surface area (Å²) in [7, 11) is 0. The highest BCUT2D eigenvalue weighted by Crippen LogP contribution is 2.26. The van der Waals surface area contributed by atoms with Crippen LogP contribution in [0.1, 0.15) is 6.42 Å². The van der Waals surface area contributed by atoms with E-state index in [-0.39, 0.29) is 11.4 Å². The van der Waals surface area contributed by atoms with E-state index in [4.69, 9.17) is 10.8 Å². The molecule has 6 nitrogen and oxygen atoms in total. The lowest BCUT2D eigenvalue weighted by Crippen LogP contribution is -2.37. The zero-order valence-electron chi connectivity index (χ0n) is 10.7. The van der Waals surface area contributed by atoms with E-state index in [1.807, 2.05) is 0 Å². The second kappa shape index (κ2) is 6.93. The first-order valence-electron chi connectivity index (χ1n) is 5.76. The third-order valence-electron chi connectivity index (χ3n) is 2.27. The van der Waals surface area contributed by atoms with Crippen LogP contribution in [0.5, 0.6) is 5.75 Å². The Morgan fingerprint density at radius 1 is 1.33 bits per heavy atom. The summed E-state index contributed by atoms with van der Waals surface area (Å²) in [6, 6.07) is 4.14. The number of carboxylic acid groups (broad SMARTS) is 1. The van der Waals surface area contributed by atoms with Gasteiger partial charge in [0.2, 0.25) is 5.91 Å². The predicted octanol–water partition coefficient (Wildman–Crippen LogP) is 1.37. The SMILES string of the molecule is NC(CC(=O)O)C(=O)Nc1ccccc1OCC(F)(F)F. The molecule has 0 spiro atoms. The van der Waals surface area contributed by atoms with Crippen LogP contribution in [-0.2, 0) is 9.59 Å². The van der Waals surface area contributed by atoms with Crippen molar-refractivity contribution in [1.29, 1.82) is 0 Å². The molecule has 0 radical (unpaired) electrons. The molecule has 0 heterocycles. The van der Waals surface area contributed by atoms with Crippen LogP contribution in [-0.4, -0.2) is 35.8 Å². The van der Waals surface area contributed by atoms with Crippen molar-refractivity contribution in [1.82, 2.24) is 0 Å². The average Bonchev–Trinajstić information content (AvgIpc) is 2.35. The van der Waals surface area contributed by atoms with Crippen LogP contribution in [0.25, 0.3) is 0 Å². The van der Waals surface area contributed by atoms with Crippen molar-refractivity contribution in [2.45, 2.75) is 18.6 Å². The van der Waals surface area contributed by atoms with Crippen LogP contribution in [0.15, 0.2) is 24.3 Å². The summed E-state index contributed by atoms with van der Waals surface area (Å²) in [4.78, 5) is 22.1. The minimum Gasteiger partial charge on any atom is -0.482 e. The van der Waals surface area contributed by atoms with Gasteiger partial charge in [0.05, 0.1) is 18.2 Å². The van der Waals surface area contributed by atoms with Crippen molar-refractivity contribution < 1.29 is 32.6 Å². The number of amides is 1. The van der Waals surface area contributed by atoms with Gasteiger partial charge >= 0.3 is 12.1 Å². The molecule has 1 amide bonds. The van der Waals surface area contributed by atoms with E-state index in [1.165, 1.54) is 24.3 Å². The van der Waals surface area contributed by atoms with Crippen molar-refractivity contribution in [3.63, 3.8) is 0 Å². The molecule has 4 N–H and O–H groups in total. The molecule has 0 aliphatic rings. The van der Waals surface area contributed by atoms with Crippen molar-refractivity contribution in [2.24, 2.45) is 5.73 Å². The second-order valence-corrected chi connectivity index (χ2v) is 4.09. The van der Waals surface area contributed by atoms with Gasteiger partial charge in [-0.2, -0.15) is 13.2 Å². The number of aliphatic carboxylic acids is 1. The minimum atomic E-state index is -4.52. The fraction of sp³-hybridized carbons (Fsp3) is 0.333. The Balaban J connectivity index is 2.74. The van der Waals surface area contributed by atoms with E-state index >= 15 is 0 Å². The van der Waals surface area contributed by atoms with Gasteiger partial charge in [-0.05, 0) is 12.1 Å². The maximum atomic E-state index is 12.1. The topological polar surface area (TPSA) is 102 Å². The molecule has 1 rings (SSSR count). The number of nitrogens with one attached hydrogen (secondary N) is 1. The number of hydrogen-bond donors (Lipinski definition) is 3. The number of rotatable bonds is 6. The third-order valence-corrected chi connectivity index (χ3v) is 2.27. The molecule has 1 aromatic rings. The van der Waals surface area contributed by atoms with Gasteiger partial charge in [-0.1, -0.05) is 12.1 Å². The lowest BCUT2D eigenvalue weighted by molar-refractivity contribution is -0.153. The summed E-state index contributed by atoms with van der Waals surface area (Å²) >= 11 is 0. The molecule has 1 atom stereocenters. The predicted molar refractivity (Wildman–Crippen MR) is 66.8 cm³/mol. The van der Waals surface area contributed by atoms with Crippen molar-refractivity contribution in [2.75, 3.05) is 11.9 Å². The van der Waals surface area contributed by atoms with Gasteiger partial charge in [-0.3, -0.25) is 9.59 Å². The number of carbonyl (C=O) groups excluding carboxylic acids is 1. The maximum Gasteiger partial charge on any atom is 0.422 e. The molecule has 0 bridgehead atoms. The Labute approximate surface area is 117 Å². The molecule has 116 valence electrons. The Kier molecular flexibility index (Phi) is 5.53. The van der Waals surface area contributed by atoms with Gasteiger partial charge in [0.15, 0.2) is 6.61 Å². The summed E-state index contributed by atoms with van der Waals surface area (Å²) in [5.41, 5.74) is 5.32. The first kappa shape index (κ1) is 16.8. The lowest BCUT2D eigenvalue weighted by atomic mass is 10.2. The van der Waals surface area contributed by atoms with E-state index in [2.05, 4.69) is 10.1 Å². The summed E-state index contributed by atoms with van der Waals surface area (Å²) in [6.45, 7) is -1.51. The number of carboxylic acids is 1. The molecule has 0 fully saturated rings. The Morgan fingerprint density at radius 2 is 1.95 bits per heavy atom. The fourth-order valence-electron chi connectivity index (χ4n) is 1.36. The highest BCUT2D eigenvalue weighted by Gasteiger charge is 2.29. The molecule has 1 unspecified atom stereocenters. The molecular formula is C12H13F3N2O4. The van der Waals surface area contributed by atoms with E-state index < -0.39 is 37.1 Å². The first-order chi connectivity index (χ1) is 9.69. The van der Waals surface area contributed by atoms with Crippen LogP contribution in [0.2, 0.25) is 0 Å². The van der Waals surface area contributed by atoms with Crippen molar-refractivity contribution >= 4 is 17.6 Å². The van der Waals surface area contributed by atoms with Crippen LogP contribution in [0.3, 0.4) is 0 Å². The number of alkyl halides is 3. The monoisotopic (exact) mass is 306 g/mol. The second-order valence-electron chi connectivity index (χ2n) is 4.09. The quantitative estimate of drug-likeness (QED) is 0.736. The summed E-state index contributed by atoms with van der Waals surface area (Å²) < 4.78 is 40.9. The third kappa shape index (κ3) is 6.13. The number of carbonyl (C=O) groups is 2. The summed E-state index contributed by atoms with van der Waals surface area (Å²) in [5.74, 6) is -2.29. The van der Waals surface area contributed by atoms with Crippen LogP contribution in [0.4, 0.5) is 18.9 Å². The molecule has 0 aliphatic heterocycles. The van der Waals surface area contributed by atoms with Crippen molar-refractivity contribution in [3.05, 3.63) is 24.3 Å².